The predicted octanol–water partition coefficient (Wildman–Crippen LogP) is 7.47. The van der Waals surface area contributed by atoms with Gasteiger partial charge in [0.2, 0.25) is 0 Å². The Bertz CT molecular complexity index is 744. The fraction of sp³-hybridized carbons (Fsp3) is 0.964. The second kappa shape index (κ2) is 9.74. The van der Waals surface area contributed by atoms with Crippen LogP contribution >= 0.6 is 0 Å². The number of hydrogen-bond donors (Lipinski definition) is 0. The van der Waals surface area contributed by atoms with E-state index in [1.807, 2.05) is 11.7 Å². The Morgan fingerprint density at radius 3 is 2.44 bits per heavy atom. The van der Waals surface area contributed by atoms with Gasteiger partial charge >= 0.3 is 0 Å². The molecule has 0 saturated heterocycles. The second-order valence-corrected chi connectivity index (χ2v) is 12.6. The Morgan fingerprint density at radius 1 is 1.00 bits per heavy atom. The molecule has 0 amide bonds. The minimum atomic E-state index is 0.501. The van der Waals surface area contributed by atoms with Crippen molar-refractivity contribution in [1.82, 2.24) is 20.2 Å². The molecule has 0 N–H and O–H groups in total. The van der Waals surface area contributed by atoms with Crippen LogP contribution in [0.5, 0.6) is 0 Å². The lowest BCUT2D eigenvalue weighted by Gasteiger charge is -2.58. The van der Waals surface area contributed by atoms with E-state index < -0.39 is 0 Å². The minimum Gasteiger partial charge on any atom is -0.164 e. The van der Waals surface area contributed by atoms with Crippen LogP contribution in [-0.2, 0) is 6.54 Å². The lowest BCUT2D eigenvalue weighted by molar-refractivity contribution is -0.0894. The van der Waals surface area contributed by atoms with E-state index in [-0.39, 0.29) is 0 Å². The summed E-state index contributed by atoms with van der Waals surface area (Å²) in [6.07, 6.45) is 17.3. The molecule has 3 aliphatic carbocycles. The zero-order valence-electron chi connectivity index (χ0n) is 21.9. The van der Waals surface area contributed by atoms with Gasteiger partial charge in [-0.15, -0.1) is 10.2 Å². The molecule has 32 heavy (non-hydrogen) atoms. The van der Waals surface area contributed by atoms with Crippen molar-refractivity contribution in [1.29, 1.82) is 0 Å². The van der Waals surface area contributed by atoms with Gasteiger partial charge in [0.25, 0.3) is 0 Å². The Kier molecular flexibility index (Phi) is 7.37. The molecule has 3 saturated carbocycles. The molecular weight excluding hydrogens is 392 g/mol. The van der Waals surface area contributed by atoms with Crippen LogP contribution in [0.15, 0.2) is 0 Å². The molecule has 1 aromatic rings. The van der Waals surface area contributed by atoms with Crippen LogP contribution in [0.3, 0.4) is 0 Å². The second-order valence-electron chi connectivity index (χ2n) is 12.6. The van der Waals surface area contributed by atoms with Crippen LogP contribution in [0.4, 0.5) is 0 Å². The number of fused-ring (bicyclic) bond motifs is 1. The number of hydrogen-bond acceptors (Lipinski definition) is 3. The molecule has 0 radical (unpaired) electrons. The van der Waals surface area contributed by atoms with Crippen LogP contribution in [0.25, 0.3) is 0 Å². The Morgan fingerprint density at radius 2 is 1.75 bits per heavy atom. The van der Waals surface area contributed by atoms with Crippen LogP contribution in [0.2, 0.25) is 0 Å². The summed E-state index contributed by atoms with van der Waals surface area (Å²) in [6, 6.07) is 0. The molecule has 8 atom stereocenters. The Balaban J connectivity index is 1.45. The molecule has 0 bridgehead atoms. The van der Waals surface area contributed by atoms with E-state index in [9.17, 15) is 0 Å². The summed E-state index contributed by atoms with van der Waals surface area (Å²) < 4.78 is 0. The van der Waals surface area contributed by atoms with Crippen LogP contribution in [0.1, 0.15) is 117 Å². The molecule has 0 aromatic carbocycles. The van der Waals surface area contributed by atoms with E-state index in [1.165, 1.54) is 77.0 Å². The van der Waals surface area contributed by atoms with E-state index in [4.69, 9.17) is 0 Å². The maximum Gasteiger partial charge on any atom is 0.171 e. The van der Waals surface area contributed by atoms with Crippen molar-refractivity contribution in [2.75, 3.05) is 0 Å². The third-order valence-electron chi connectivity index (χ3n) is 10.9. The molecule has 0 aliphatic heterocycles. The molecule has 1 heterocycles. The number of aromatic nitrogens is 4. The van der Waals surface area contributed by atoms with E-state index >= 15 is 0 Å². The highest BCUT2D eigenvalue weighted by atomic mass is 15.6. The summed E-state index contributed by atoms with van der Waals surface area (Å²) in [5, 5.41) is 12.9. The summed E-state index contributed by atoms with van der Waals surface area (Å²) in [5.41, 5.74) is 1.09. The van der Waals surface area contributed by atoms with E-state index in [1.54, 1.807) is 0 Å². The lowest BCUT2D eigenvalue weighted by atomic mass is 9.47. The molecule has 1 aromatic heterocycles. The predicted molar refractivity (Wildman–Crippen MR) is 132 cm³/mol. The normalized spacial score (nSPS) is 41.2. The molecule has 0 spiro atoms. The average Bonchev–Trinajstić information content (AvgIpc) is 3.18. The van der Waals surface area contributed by atoms with Gasteiger partial charge in [-0.3, -0.25) is 0 Å². The van der Waals surface area contributed by atoms with Crippen molar-refractivity contribution in [3.63, 3.8) is 0 Å². The Hall–Kier alpha value is -0.930. The first-order valence-corrected chi connectivity index (χ1v) is 14.0. The minimum absolute atomic E-state index is 0.501. The molecule has 182 valence electrons. The molecule has 3 fully saturated rings. The number of aryl methyl sites for hydroxylation is 1. The van der Waals surface area contributed by atoms with Gasteiger partial charge in [-0.05, 0) is 110 Å². The van der Waals surface area contributed by atoms with E-state index in [2.05, 4.69) is 50.0 Å². The van der Waals surface area contributed by atoms with Crippen molar-refractivity contribution in [2.45, 2.75) is 125 Å². The van der Waals surface area contributed by atoms with Crippen molar-refractivity contribution >= 4 is 0 Å². The van der Waals surface area contributed by atoms with E-state index in [0.29, 0.717) is 16.7 Å². The van der Waals surface area contributed by atoms with Gasteiger partial charge in [0.05, 0.1) is 6.54 Å². The Labute approximate surface area is 197 Å². The standard InChI is InChI=1S/C28H50N4/c1-7-10-22-13-15-27(5,23(8-2)17-22)25-14-16-28(6)24(18-25)11-9-12-26(28)20(3)19-32-30-21(4)29-31-32/h20,22-26H,7-19H2,1-6H3/t20-,22-,23?,24?,25?,26+,27-,28-/m0/s1. The molecular formula is C28H50N4. The zero-order valence-corrected chi connectivity index (χ0v) is 21.9. The third-order valence-corrected chi connectivity index (χ3v) is 10.9. The SMILES string of the molecule is CCC[C@H]1CC[C@](C)(C2CC[C@@]3(C)C(CCC[C@@H]3[C@@H](C)Cn3nnc(C)n3)C2)C(CC)C1. The van der Waals surface area contributed by atoms with Gasteiger partial charge in [0.1, 0.15) is 0 Å². The quantitative estimate of drug-likeness (QED) is 0.440. The maximum absolute atomic E-state index is 4.49. The monoisotopic (exact) mass is 442 g/mol. The summed E-state index contributed by atoms with van der Waals surface area (Å²) in [5.74, 6) is 6.01. The highest BCUT2D eigenvalue weighted by molar-refractivity contribution is 5.02. The zero-order chi connectivity index (χ0) is 22.9. The largest absolute Gasteiger partial charge is 0.171 e. The van der Waals surface area contributed by atoms with Crippen molar-refractivity contribution in [3.8, 4) is 0 Å². The van der Waals surface area contributed by atoms with Gasteiger partial charge in [-0.1, -0.05) is 60.3 Å². The van der Waals surface area contributed by atoms with Gasteiger partial charge in [0, 0.05) is 0 Å². The molecule has 4 nitrogen and oxygen atoms in total. The van der Waals surface area contributed by atoms with E-state index in [0.717, 1.165) is 42.0 Å². The first kappa shape index (κ1) is 24.2. The number of tetrazole rings is 1. The third kappa shape index (κ3) is 4.53. The average molecular weight is 443 g/mol. The molecule has 3 aliphatic rings. The highest BCUT2D eigenvalue weighted by Gasteiger charge is 2.53. The highest BCUT2D eigenvalue weighted by Crippen LogP contribution is 2.62. The lowest BCUT2D eigenvalue weighted by Crippen LogP contribution is -2.50. The molecule has 4 heteroatoms. The first-order chi connectivity index (χ1) is 15.3. The number of rotatable bonds is 7. The number of nitrogens with zero attached hydrogens (tertiary/aromatic N) is 4. The first-order valence-electron chi connectivity index (χ1n) is 14.0. The van der Waals surface area contributed by atoms with Crippen LogP contribution < -0.4 is 0 Å². The molecule has 3 unspecified atom stereocenters. The van der Waals surface area contributed by atoms with Crippen molar-refractivity contribution in [2.24, 2.45) is 46.3 Å². The van der Waals surface area contributed by atoms with Gasteiger partial charge in [-0.2, -0.15) is 4.80 Å². The summed E-state index contributed by atoms with van der Waals surface area (Å²) in [6.45, 7) is 15.5. The van der Waals surface area contributed by atoms with Crippen molar-refractivity contribution < 1.29 is 0 Å². The summed E-state index contributed by atoms with van der Waals surface area (Å²) in [7, 11) is 0. The summed E-state index contributed by atoms with van der Waals surface area (Å²) in [4.78, 5) is 1.85. The van der Waals surface area contributed by atoms with Gasteiger partial charge < -0.3 is 0 Å². The van der Waals surface area contributed by atoms with Crippen LogP contribution in [0, 0.1) is 53.3 Å². The maximum atomic E-state index is 4.49. The van der Waals surface area contributed by atoms with Gasteiger partial charge in [0.15, 0.2) is 5.82 Å². The smallest absolute Gasteiger partial charge is 0.164 e. The van der Waals surface area contributed by atoms with Crippen LogP contribution in [-0.4, -0.2) is 20.2 Å². The topological polar surface area (TPSA) is 43.6 Å². The fourth-order valence-electron chi connectivity index (χ4n) is 8.94. The van der Waals surface area contributed by atoms with Gasteiger partial charge in [-0.25, -0.2) is 0 Å². The van der Waals surface area contributed by atoms with Crippen molar-refractivity contribution in [3.05, 3.63) is 5.82 Å². The molecule has 4 rings (SSSR count). The fourth-order valence-corrected chi connectivity index (χ4v) is 8.94. The summed E-state index contributed by atoms with van der Waals surface area (Å²) >= 11 is 0.